The highest BCUT2D eigenvalue weighted by atomic mass is 31.1. The lowest BCUT2D eigenvalue weighted by molar-refractivity contribution is 0.926. The molecule has 2 heteroatoms. The first-order valence-corrected chi connectivity index (χ1v) is 14.6. The molecule has 4 aliphatic carbocycles. The molecule has 1 heterocycles. The molecular formula is C34H32NP. The fraction of sp³-hybridized carbons (Fsp3) is 0.206. The lowest BCUT2D eigenvalue weighted by Gasteiger charge is -2.20. The van der Waals surface area contributed by atoms with Crippen molar-refractivity contribution in [3.05, 3.63) is 137 Å². The van der Waals surface area contributed by atoms with E-state index < -0.39 is 7.92 Å². The molecule has 0 radical (unpaired) electrons. The van der Waals surface area contributed by atoms with E-state index in [1.807, 2.05) is 0 Å². The van der Waals surface area contributed by atoms with E-state index in [9.17, 15) is 0 Å². The molecule has 0 amide bonds. The third-order valence-corrected chi connectivity index (χ3v) is 10.0. The highest BCUT2D eigenvalue weighted by Gasteiger charge is 2.17. The van der Waals surface area contributed by atoms with Gasteiger partial charge in [-0.3, -0.25) is 4.98 Å². The van der Waals surface area contributed by atoms with Gasteiger partial charge in [0.05, 0.1) is 5.52 Å². The van der Waals surface area contributed by atoms with Crippen molar-refractivity contribution in [1.82, 2.24) is 4.98 Å². The van der Waals surface area contributed by atoms with Crippen LogP contribution in [-0.2, 0) is 32.1 Å². The zero-order valence-electron chi connectivity index (χ0n) is 21.0. The van der Waals surface area contributed by atoms with Gasteiger partial charge in [-0.25, -0.2) is 0 Å². The average Bonchev–Trinajstić information content (AvgIpc) is 2.91. The Labute approximate surface area is 216 Å². The SMILES string of the molecule is Cc1cc(CCP(c2ccccc2)c2ccccc2)nc2c3ccc(c12)CCc1ccc(cc1)CC3. The summed E-state index contributed by atoms with van der Waals surface area (Å²) in [4.78, 5) is 5.36. The van der Waals surface area contributed by atoms with Crippen molar-refractivity contribution in [3.8, 4) is 0 Å². The second-order valence-electron chi connectivity index (χ2n) is 9.93. The Balaban J connectivity index is 1.35. The van der Waals surface area contributed by atoms with Gasteiger partial charge in [-0.05, 0) is 97.6 Å². The number of hydrogen-bond acceptors (Lipinski definition) is 1. The van der Waals surface area contributed by atoms with Gasteiger partial charge in [0.2, 0.25) is 0 Å². The number of rotatable bonds is 5. The summed E-state index contributed by atoms with van der Waals surface area (Å²) in [6, 6.07) is 38.4. The number of hydrogen-bond donors (Lipinski definition) is 0. The summed E-state index contributed by atoms with van der Waals surface area (Å²) in [6.07, 6.45) is 6.35. The van der Waals surface area contributed by atoms with Gasteiger partial charge in [-0.15, -0.1) is 0 Å². The summed E-state index contributed by atoms with van der Waals surface area (Å²) in [5.74, 6) is 0. The first-order chi connectivity index (χ1) is 17.7. The molecule has 1 aromatic heterocycles. The maximum atomic E-state index is 5.36. The molecule has 0 aliphatic heterocycles. The van der Waals surface area contributed by atoms with Gasteiger partial charge in [0.15, 0.2) is 0 Å². The molecule has 0 spiro atoms. The smallest absolute Gasteiger partial charge is 0.0742 e. The molecule has 9 rings (SSSR count). The van der Waals surface area contributed by atoms with Gasteiger partial charge >= 0.3 is 0 Å². The minimum absolute atomic E-state index is 0.416. The van der Waals surface area contributed by atoms with E-state index in [1.165, 1.54) is 55.0 Å². The van der Waals surface area contributed by atoms with Crippen LogP contribution in [0.4, 0.5) is 0 Å². The molecule has 4 bridgehead atoms. The summed E-state index contributed by atoms with van der Waals surface area (Å²) in [5, 5.41) is 4.28. The Morgan fingerprint density at radius 2 is 1.19 bits per heavy atom. The summed E-state index contributed by atoms with van der Waals surface area (Å²) in [6.45, 7) is 2.29. The zero-order chi connectivity index (χ0) is 24.3. The molecule has 0 atom stereocenters. The van der Waals surface area contributed by atoms with E-state index in [1.54, 1.807) is 0 Å². The summed E-state index contributed by atoms with van der Waals surface area (Å²) >= 11 is 0. The van der Waals surface area contributed by atoms with Gasteiger partial charge < -0.3 is 0 Å². The Kier molecular flexibility index (Phi) is 6.67. The average molecular weight is 486 g/mol. The Bertz CT molecular complexity index is 1430. The largest absolute Gasteiger partial charge is 0.253 e. The van der Waals surface area contributed by atoms with Crippen LogP contribution in [0.2, 0.25) is 0 Å². The first-order valence-electron chi connectivity index (χ1n) is 13.1. The molecule has 0 fully saturated rings. The fourth-order valence-electron chi connectivity index (χ4n) is 5.56. The van der Waals surface area contributed by atoms with Gasteiger partial charge in [-0.1, -0.05) is 97.1 Å². The van der Waals surface area contributed by atoms with Crippen LogP contribution in [0.5, 0.6) is 0 Å². The van der Waals surface area contributed by atoms with Crippen molar-refractivity contribution in [1.29, 1.82) is 0 Å². The number of pyridine rings is 1. The standard InChI is InChI=1S/C34H32NP/c1-25-24-30(22-23-36(31-8-4-2-5-9-31)32-10-6-3-7-11-32)35-34-29-19-17-27-14-12-26(13-15-27)16-18-28(20-21-29)33(25)34/h2-15,20-21,24H,16-19,22-23H2,1H3. The van der Waals surface area contributed by atoms with E-state index in [0.29, 0.717) is 0 Å². The van der Waals surface area contributed by atoms with Crippen LogP contribution in [0.15, 0.2) is 103 Å². The van der Waals surface area contributed by atoms with E-state index in [0.717, 1.165) is 38.3 Å². The molecule has 0 saturated carbocycles. The van der Waals surface area contributed by atoms with E-state index >= 15 is 0 Å². The maximum Gasteiger partial charge on any atom is 0.0742 e. The minimum atomic E-state index is -0.416. The third-order valence-electron chi connectivity index (χ3n) is 7.50. The molecule has 36 heavy (non-hydrogen) atoms. The Morgan fingerprint density at radius 3 is 1.81 bits per heavy atom. The molecule has 178 valence electrons. The lowest BCUT2D eigenvalue weighted by Crippen LogP contribution is -2.15. The van der Waals surface area contributed by atoms with Crippen molar-refractivity contribution in [2.24, 2.45) is 0 Å². The summed E-state index contributed by atoms with van der Waals surface area (Å²) in [5.41, 5.74) is 9.51. The van der Waals surface area contributed by atoms with Crippen LogP contribution >= 0.6 is 7.92 Å². The molecule has 0 unspecified atom stereocenters. The number of benzene rings is 4. The van der Waals surface area contributed by atoms with E-state index in [4.69, 9.17) is 4.98 Å². The summed E-state index contributed by atoms with van der Waals surface area (Å²) < 4.78 is 0. The van der Waals surface area contributed by atoms with Gasteiger partial charge in [0.25, 0.3) is 0 Å². The molecule has 5 aromatic rings. The monoisotopic (exact) mass is 485 g/mol. The van der Waals surface area contributed by atoms with Gasteiger partial charge in [0, 0.05) is 11.1 Å². The predicted octanol–water partition coefficient (Wildman–Crippen LogP) is 7.10. The fourth-order valence-corrected chi connectivity index (χ4v) is 7.89. The number of nitrogens with zero attached hydrogens (tertiary/aromatic N) is 1. The van der Waals surface area contributed by atoms with Crippen molar-refractivity contribution in [2.75, 3.05) is 6.16 Å². The highest BCUT2D eigenvalue weighted by Crippen LogP contribution is 2.35. The van der Waals surface area contributed by atoms with Gasteiger partial charge in [0.1, 0.15) is 0 Å². The van der Waals surface area contributed by atoms with E-state index in [-0.39, 0.29) is 0 Å². The Morgan fingerprint density at radius 1 is 0.639 bits per heavy atom. The summed E-state index contributed by atoms with van der Waals surface area (Å²) in [7, 11) is -0.416. The molecule has 0 saturated heterocycles. The predicted molar refractivity (Wildman–Crippen MR) is 155 cm³/mol. The quantitative estimate of drug-likeness (QED) is 0.242. The van der Waals surface area contributed by atoms with E-state index in [2.05, 4.69) is 110 Å². The van der Waals surface area contributed by atoms with Crippen molar-refractivity contribution >= 4 is 29.4 Å². The van der Waals surface area contributed by atoms with Crippen LogP contribution in [-0.4, -0.2) is 11.1 Å². The lowest BCUT2D eigenvalue weighted by atomic mass is 9.91. The minimum Gasteiger partial charge on any atom is -0.253 e. The van der Waals surface area contributed by atoms with Crippen LogP contribution in [0.25, 0.3) is 10.9 Å². The van der Waals surface area contributed by atoms with Crippen molar-refractivity contribution in [2.45, 2.75) is 39.0 Å². The van der Waals surface area contributed by atoms with Crippen LogP contribution < -0.4 is 10.6 Å². The molecule has 4 aliphatic rings. The Hall–Kier alpha value is -3.28. The molecule has 1 nitrogen and oxygen atoms in total. The van der Waals surface area contributed by atoms with Crippen LogP contribution in [0.3, 0.4) is 0 Å². The molecule has 0 N–H and O–H groups in total. The second kappa shape index (κ2) is 10.4. The maximum absolute atomic E-state index is 5.36. The molecule has 4 aromatic carbocycles. The van der Waals surface area contributed by atoms with Gasteiger partial charge in [-0.2, -0.15) is 0 Å². The number of aryl methyl sites for hydroxylation is 6. The zero-order valence-corrected chi connectivity index (χ0v) is 21.8. The first kappa shape index (κ1) is 23.1. The molecular weight excluding hydrogens is 453 g/mol. The third kappa shape index (κ3) is 4.86. The van der Waals surface area contributed by atoms with Crippen molar-refractivity contribution in [3.63, 3.8) is 0 Å². The number of aromatic nitrogens is 1. The van der Waals surface area contributed by atoms with Crippen LogP contribution in [0.1, 0.15) is 33.5 Å². The second-order valence-corrected chi connectivity index (χ2v) is 12.3. The normalized spacial score (nSPS) is 13.2. The topological polar surface area (TPSA) is 12.9 Å². The van der Waals surface area contributed by atoms with Crippen molar-refractivity contribution < 1.29 is 0 Å². The van der Waals surface area contributed by atoms with Crippen LogP contribution in [0, 0.1) is 6.92 Å². The highest BCUT2D eigenvalue weighted by molar-refractivity contribution is 7.73.